The molecule has 1 rings (SSSR count). The molecule has 130 valence electrons. The molecule has 23 heavy (non-hydrogen) atoms. The van der Waals surface area contributed by atoms with Crippen molar-refractivity contribution >= 4 is 32.6 Å². The highest BCUT2D eigenvalue weighted by atomic mass is 127. The molecule has 0 fully saturated rings. The van der Waals surface area contributed by atoms with Crippen LogP contribution in [0.3, 0.4) is 0 Å². The summed E-state index contributed by atoms with van der Waals surface area (Å²) in [6.07, 6.45) is 0. The van der Waals surface area contributed by atoms with Crippen LogP contribution in [0, 0.1) is 9.49 Å². The van der Waals surface area contributed by atoms with E-state index in [0.717, 1.165) is 9.14 Å². The third-order valence-corrected chi connectivity index (χ3v) is 5.87. The number of nitrogens with two attached hydrogens (primary N) is 1. The van der Waals surface area contributed by atoms with Crippen molar-refractivity contribution in [2.45, 2.75) is 37.8 Å². The Hall–Kier alpha value is -0.480. The van der Waals surface area contributed by atoms with Gasteiger partial charge >= 0.3 is 0 Å². The molecule has 0 saturated carbocycles. The number of benzene rings is 1. The smallest absolute Gasteiger partial charge is 0.240 e. The van der Waals surface area contributed by atoms with Gasteiger partial charge in [-0.1, -0.05) is 26.0 Å². The molecule has 0 heterocycles. The molecule has 0 bridgehead atoms. The van der Waals surface area contributed by atoms with E-state index in [1.165, 1.54) is 0 Å². The number of rotatable bonds is 9. The molecule has 0 aliphatic carbocycles. The van der Waals surface area contributed by atoms with Gasteiger partial charge in [0.1, 0.15) is 0 Å². The van der Waals surface area contributed by atoms with Crippen LogP contribution in [0.1, 0.15) is 20.8 Å². The third kappa shape index (κ3) is 6.50. The standard InChI is InChI=1S/C16H26IN3O2S/c1-11(2)15(9-18)19-10-16(12(3)4)20-23(21,22)14-7-5-13(17)6-8-14/h5-8,12,15-16,19-20H,1,9-10,18H2,2-4H3/t15-,16-/m1/s1. The lowest BCUT2D eigenvalue weighted by Crippen LogP contribution is -2.49. The van der Waals surface area contributed by atoms with E-state index in [2.05, 4.69) is 39.2 Å². The van der Waals surface area contributed by atoms with Gasteiger partial charge in [0.2, 0.25) is 10.0 Å². The Balaban J connectivity index is 2.82. The lowest BCUT2D eigenvalue weighted by atomic mass is 10.0. The van der Waals surface area contributed by atoms with Gasteiger partial charge in [0.15, 0.2) is 0 Å². The van der Waals surface area contributed by atoms with Crippen molar-refractivity contribution in [2.75, 3.05) is 13.1 Å². The summed E-state index contributed by atoms with van der Waals surface area (Å²) in [6.45, 7) is 10.7. The molecule has 0 radical (unpaired) electrons. The van der Waals surface area contributed by atoms with Crippen molar-refractivity contribution in [3.63, 3.8) is 0 Å². The molecule has 0 aliphatic heterocycles. The fourth-order valence-electron chi connectivity index (χ4n) is 2.02. The number of sulfonamides is 1. The topological polar surface area (TPSA) is 84.2 Å². The van der Waals surface area contributed by atoms with Crippen molar-refractivity contribution in [3.05, 3.63) is 40.0 Å². The van der Waals surface area contributed by atoms with Crippen LogP contribution in [0.4, 0.5) is 0 Å². The Morgan fingerprint density at radius 1 is 1.30 bits per heavy atom. The predicted octanol–water partition coefficient (Wildman–Crippen LogP) is 2.09. The van der Waals surface area contributed by atoms with Crippen molar-refractivity contribution in [3.8, 4) is 0 Å². The Labute approximate surface area is 153 Å². The van der Waals surface area contributed by atoms with E-state index in [4.69, 9.17) is 5.73 Å². The average molecular weight is 451 g/mol. The Bertz CT molecular complexity index is 615. The molecule has 2 atom stereocenters. The van der Waals surface area contributed by atoms with Gasteiger partial charge in [-0.15, -0.1) is 0 Å². The summed E-state index contributed by atoms with van der Waals surface area (Å²) in [5.74, 6) is 0.143. The molecule has 4 N–H and O–H groups in total. The van der Waals surface area contributed by atoms with Crippen molar-refractivity contribution in [2.24, 2.45) is 11.7 Å². The Morgan fingerprint density at radius 3 is 2.30 bits per heavy atom. The fourth-order valence-corrected chi connectivity index (χ4v) is 3.77. The van der Waals surface area contributed by atoms with Gasteiger partial charge in [-0.05, 0) is 59.7 Å². The lowest BCUT2D eigenvalue weighted by Gasteiger charge is -2.26. The summed E-state index contributed by atoms with van der Waals surface area (Å²) in [5.41, 5.74) is 6.65. The maximum absolute atomic E-state index is 12.5. The minimum absolute atomic E-state index is 0.0148. The second-order valence-electron chi connectivity index (χ2n) is 5.97. The van der Waals surface area contributed by atoms with E-state index < -0.39 is 10.0 Å². The summed E-state index contributed by atoms with van der Waals surface area (Å²) in [6, 6.07) is 6.55. The highest BCUT2D eigenvalue weighted by Gasteiger charge is 2.23. The molecule has 5 nitrogen and oxygen atoms in total. The van der Waals surface area contributed by atoms with Crippen molar-refractivity contribution in [1.29, 1.82) is 0 Å². The predicted molar refractivity (Wildman–Crippen MR) is 104 cm³/mol. The highest BCUT2D eigenvalue weighted by Crippen LogP contribution is 2.14. The van der Waals surface area contributed by atoms with E-state index in [0.29, 0.717) is 13.1 Å². The normalized spacial score (nSPS) is 14.7. The van der Waals surface area contributed by atoms with E-state index in [1.807, 2.05) is 20.8 Å². The summed E-state index contributed by atoms with van der Waals surface area (Å²) < 4.78 is 28.8. The molecular formula is C16H26IN3O2S. The minimum atomic E-state index is -3.54. The summed E-state index contributed by atoms with van der Waals surface area (Å²) >= 11 is 2.15. The molecule has 1 aromatic rings. The first-order valence-electron chi connectivity index (χ1n) is 7.54. The number of hydrogen-bond donors (Lipinski definition) is 3. The van der Waals surface area contributed by atoms with Crippen LogP contribution in [0.5, 0.6) is 0 Å². The average Bonchev–Trinajstić information content (AvgIpc) is 2.46. The Kier molecular flexibility index (Phi) is 8.15. The van der Waals surface area contributed by atoms with Crippen LogP contribution in [-0.4, -0.2) is 33.6 Å². The molecule has 1 aromatic carbocycles. The van der Waals surface area contributed by atoms with Gasteiger partial charge in [-0.25, -0.2) is 13.1 Å². The SMILES string of the molecule is C=C(C)[C@@H](CN)NC[C@@H](NS(=O)(=O)c1ccc(I)cc1)C(C)C. The molecule has 0 amide bonds. The van der Waals surface area contributed by atoms with Crippen LogP contribution < -0.4 is 15.8 Å². The maximum Gasteiger partial charge on any atom is 0.240 e. The van der Waals surface area contributed by atoms with Crippen LogP contribution in [0.15, 0.2) is 41.3 Å². The van der Waals surface area contributed by atoms with Gasteiger partial charge in [0.05, 0.1) is 4.90 Å². The third-order valence-electron chi connectivity index (χ3n) is 3.65. The molecule has 0 aromatic heterocycles. The lowest BCUT2D eigenvalue weighted by molar-refractivity contribution is 0.407. The van der Waals surface area contributed by atoms with Crippen LogP contribution >= 0.6 is 22.6 Å². The van der Waals surface area contributed by atoms with Gasteiger partial charge in [0.25, 0.3) is 0 Å². The zero-order valence-electron chi connectivity index (χ0n) is 13.8. The molecule has 0 aliphatic rings. The van der Waals surface area contributed by atoms with Crippen LogP contribution in [-0.2, 0) is 10.0 Å². The van der Waals surface area contributed by atoms with Gasteiger partial charge in [0, 0.05) is 28.7 Å². The van der Waals surface area contributed by atoms with E-state index in [9.17, 15) is 8.42 Å². The second-order valence-corrected chi connectivity index (χ2v) is 8.93. The molecule has 0 unspecified atom stereocenters. The first kappa shape index (κ1) is 20.6. The summed E-state index contributed by atoms with van der Waals surface area (Å²) in [7, 11) is -3.54. The van der Waals surface area contributed by atoms with E-state index in [1.54, 1.807) is 24.3 Å². The van der Waals surface area contributed by atoms with Crippen LogP contribution in [0.2, 0.25) is 0 Å². The van der Waals surface area contributed by atoms with E-state index in [-0.39, 0.29) is 22.9 Å². The number of nitrogens with one attached hydrogen (secondary N) is 2. The first-order valence-corrected chi connectivity index (χ1v) is 10.1. The highest BCUT2D eigenvalue weighted by molar-refractivity contribution is 14.1. The zero-order chi connectivity index (χ0) is 17.6. The quantitative estimate of drug-likeness (QED) is 0.397. The monoisotopic (exact) mass is 451 g/mol. The second kappa shape index (κ2) is 9.12. The van der Waals surface area contributed by atoms with E-state index >= 15 is 0 Å². The molecule has 0 saturated heterocycles. The largest absolute Gasteiger partial charge is 0.329 e. The summed E-state index contributed by atoms with van der Waals surface area (Å²) in [4.78, 5) is 0.277. The van der Waals surface area contributed by atoms with Gasteiger partial charge < -0.3 is 11.1 Å². The van der Waals surface area contributed by atoms with Gasteiger partial charge in [-0.2, -0.15) is 0 Å². The molecule has 0 spiro atoms. The zero-order valence-corrected chi connectivity index (χ0v) is 16.8. The molecular weight excluding hydrogens is 425 g/mol. The number of halogens is 1. The van der Waals surface area contributed by atoms with Gasteiger partial charge in [-0.3, -0.25) is 0 Å². The minimum Gasteiger partial charge on any atom is -0.329 e. The first-order chi connectivity index (χ1) is 10.7. The van der Waals surface area contributed by atoms with Crippen LogP contribution in [0.25, 0.3) is 0 Å². The fraction of sp³-hybridized carbons (Fsp3) is 0.500. The maximum atomic E-state index is 12.5. The Morgan fingerprint density at radius 2 is 1.87 bits per heavy atom. The van der Waals surface area contributed by atoms with Crippen molar-refractivity contribution < 1.29 is 8.42 Å². The summed E-state index contributed by atoms with van der Waals surface area (Å²) in [5, 5.41) is 3.28. The number of hydrogen-bond acceptors (Lipinski definition) is 4. The molecule has 7 heteroatoms. The van der Waals surface area contributed by atoms with Crippen molar-refractivity contribution in [1.82, 2.24) is 10.0 Å².